The van der Waals surface area contributed by atoms with E-state index in [9.17, 15) is 19.5 Å². The van der Waals surface area contributed by atoms with Gasteiger partial charge in [-0.1, -0.05) is 23.4 Å². The van der Waals surface area contributed by atoms with Gasteiger partial charge >= 0.3 is 0 Å². The summed E-state index contributed by atoms with van der Waals surface area (Å²) in [6, 6.07) is 9.93. The number of aromatic nitrogens is 2. The maximum absolute atomic E-state index is 13.0. The number of hydrogen-bond donors (Lipinski definition) is 3. The summed E-state index contributed by atoms with van der Waals surface area (Å²) in [6.07, 6.45) is 0.624. The van der Waals surface area contributed by atoms with Gasteiger partial charge in [0, 0.05) is 22.1 Å². The van der Waals surface area contributed by atoms with E-state index >= 15 is 0 Å². The largest absolute Gasteiger partial charge is 0.506 e. The van der Waals surface area contributed by atoms with Crippen molar-refractivity contribution in [1.82, 2.24) is 9.97 Å². The van der Waals surface area contributed by atoms with Gasteiger partial charge in [0.25, 0.3) is 5.56 Å². The summed E-state index contributed by atoms with van der Waals surface area (Å²) in [5, 5.41) is 14.5. The van der Waals surface area contributed by atoms with Crippen molar-refractivity contribution in [2.75, 3.05) is 12.4 Å². The van der Waals surface area contributed by atoms with Crippen molar-refractivity contribution in [1.29, 1.82) is 0 Å². The van der Waals surface area contributed by atoms with E-state index in [1.807, 2.05) is 30.5 Å². The zero-order valence-corrected chi connectivity index (χ0v) is 20.2. The van der Waals surface area contributed by atoms with Gasteiger partial charge in [-0.2, -0.15) is 0 Å². The number of carbonyl (C=O) groups excluding carboxylic acids is 2. The lowest BCUT2D eigenvalue weighted by Gasteiger charge is -2.13. The lowest BCUT2D eigenvalue weighted by Crippen LogP contribution is -2.23. The molecule has 1 atom stereocenters. The van der Waals surface area contributed by atoms with E-state index in [0.29, 0.717) is 33.0 Å². The van der Waals surface area contributed by atoms with Gasteiger partial charge in [-0.25, -0.2) is 4.98 Å². The minimum Gasteiger partial charge on any atom is -0.506 e. The molecule has 8 nitrogen and oxygen atoms in total. The highest BCUT2D eigenvalue weighted by atomic mass is 32.2. The van der Waals surface area contributed by atoms with Crippen molar-refractivity contribution < 1.29 is 19.4 Å². The minimum atomic E-state index is -0.642. The predicted octanol–water partition coefficient (Wildman–Crippen LogP) is 4.61. The van der Waals surface area contributed by atoms with E-state index in [1.165, 1.54) is 29.5 Å². The third-order valence-corrected chi connectivity index (χ3v) is 7.00. The van der Waals surface area contributed by atoms with Crippen molar-refractivity contribution in [3.8, 4) is 22.6 Å². The van der Waals surface area contributed by atoms with E-state index < -0.39 is 11.2 Å². The third kappa shape index (κ3) is 4.68. The number of phenolic OH excluding ortho intramolecular Hbond substituents is 1. The monoisotopic (exact) mass is 495 g/mol. The highest BCUT2D eigenvalue weighted by molar-refractivity contribution is 8.00. The molecular weight excluding hydrogens is 474 g/mol. The molecule has 0 aliphatic carbocycles. The van der Waals surface area contributed by atoms with Crippen LogP contribution in [0.4, 0.5) is 5.69 Å². The number of thiophene rings is 1. The topological polar surface area (TPSA) is 121 Å². The number of benzene rings is 2. The van der Waals surface area contributed by atoms with Crippen LogP contribution in [0.25, 0.3) is 21.3 Å². The molecule has 0 aliphatic rings. The summed E-state index contributed by atoms with van der Waals surface area (Å²) in [5.74, 6) is 0.0969. The van der Waals surface area contributed by atoms with Gasteiger partial charge in [0.05, 0.1) is 23.4 Å². The normalized spacial score (nSPS) is 11.9. The van der Waals surface area contributed by atoms with Gasteiger partial charge in [0.2, 0.25) is 5.91 Å². The van der Waals surface area contributed by atoms with E-state index in [-0.39, 0.29) is 17.0 Å². The number of rotatable bonds is 7. The van der Waals surface area contributed by atoms with Crippen molar-refractivity contribution in [2.45, 2.75) is 24.3 Å². The van der Waals surface area contributed by atoms with Crippen LogP contribution in [0.15, 0.2) is 51.7 Å². The fourth-order valence-electron chi connectivity index (χ4n) is 3.40. The Morgan fingerprint density at radius 3 is 2.79 bits per heavy atom. The summed E-state index contributed by atoms with van der Waals surface area (Å²) in [6.45, 7) is 3.62. The zero-order valence-electron chi connectivity index (χ0n) is 18.5. The number of anilines is 1. The quantitative estimate of drug-likeness (QED) is 0.148. The lowest BCUT2D eigenvalue weighted by molar-refractivity contribution is -0.115. The Morgan fingerprint density at radius 1 is 1.26 bits per heavy atom. The average Bonchev–Trinajstić information content (AvgIpc) is 3.24. The molecule has 3 N–H and O–H groups in total. The van der Waals surface area contributed by atoms with Crippen LogP contribution in [0.3, 0.4) is 0 Å². The molecule has 174 valence electrons. The summed E-state index contributed by atoms with van der Waals surface area (Å²) in [7, 11) is 1.58. The number of amides is 1. The number of aromatic amines is 1. The van der Waals surface area contributed by atoms with Gasteiger partial charge in [-0.15, -0.1) is 11.3 Å². The molecule has 0 saturated carbocycles. The second-order valence-electron chi connectivity index (χ2n) is 7.55. The molecule has 0 bridgehead atoms. The van der Waals surface area contributed by atoms with Gasteiger partial charge < -0.3 is 20.1 Å². The SMILES string of the molecule is COc1ccc(C)cc1-c1csc2nc(SC(C)C(=O)Nc3cc(C=O)ccc3O)[nH]c(=O)c12. The van der Waals surface area contributed by atoms with E-state index in [1.54, 1.807) is 14.0 Å². The summed E-state index contributed by atoms with van der Waals surface area (Å²) < 4.78 is 5.47. The lowest BCUT2D eigenvalue weighted by atomic mass is 10.0. The van der Waals surface area contributed by atoms with E-state index in [0.717, 1.165) is 28.5 Å². The first-order valence-corrected chi connectivity index (χ1v) is 12.0. The number of nitrogens with one attached hydrogen (secondary N) is 2. The summed E-state index contributed by atoms with van der Waals surface area (Å²) in [4.78, 5) is 44.5. The number of aromatic hydroxyl groups is 1. The van der Waals surface area contributed by atoms with Crippen LogP contribution >= 0.6 is 23.1 Å². The second kappa shape index (κ2) is 9.70. The molecule has 2 aromatic heterocycles. The van der Waals surface area contributed by atoms with Crippen LogP contribution in [0.2, 0.25) is 0 Å². The van der Waals surface area contributed by atoms with Gasteiger partial charge in [0.1, 0.15) is 22.6 Å². The number of carbonyl (C=O) groups is 2. The molecule has 2 heterocycles. The minimum absolute atomic E-state index is 0.133. The number of aryl methyl sites for hydroxylation is 1. The standard InChI is InChI=1S/C24H21N3O5S2/c1-12-4-7-19(32-3)15(8-12)16-11-33-23-20(16)22(31)26-24(27-23)34-13(2)21(30)25-17-9-14(10-28)5-6-18(17)29/h4-11,13,29H,1-3H3,(H,25,30)(H,26,27,31). The van der Waals surface area contributed by atoms with E-state index in [4.69, 9.17) is 4.74 Å². The molecule has 1 amide bonds. The average molecular weight is 496 g/mol. The highest BCUT2D eigenvalue weighted by Gasteiger charge is 2.20. The number of methoxy groups -OCH3 is 1. The molecular formula is C24H21N3O5S2. The maximum Gasteiger partial charge on any atom is 0.260 e. The molecule has 0 aliphatic heterocycles. The Labute approximate surface area is 203 Å². The van der Waals surface area contributed by atoms with Gasteiger partial charge in [-0.05, 0) is 44.2 Å². The number of thioether (sulfide) groups is 1. The first-order chi connectivity index (χ1) is 16.3. The van der Waals surface area contributed by atoms with Crippen molar-refractivity contribution in [3.63, 3.8) is 0 Å². The molecule has 0 spiro atoms. The molecule has 2 aromatic carbocycles. The van der Waals surface area contributed by atoms with Crippen LogP contribution < -0.4 is 15.6 Å². The molecule has 34 heavy (non-hydrogen) atoms. The van der Waals surface area contributed by atoms with E-state index in [2.05, 4.69) is 15.3 Å². The number of aldehydes is 1. The number of ether oxygens (including phenoxy) is 1. The van der Waals surface area contributed by atoms with Crippen LogP contribution in [0.5, 0.6) is 11.5 Å². The van der Waals surface area contributed by atoms with Crippen molar-refractivity contribution in [3.05, 3.63) is 63.3 Å². The third-order valence-electron chi connectivity index (χ3n) is 5.14. The Kier molecular flexibility index (Phi) is 6.71. The zero-order chi connectivity index (χ0) is 24.4. The number of fused-ring (bicyclic) bond motifs is 1. The number of hydrogen-bond acceptors (Lipinski definition) is 8. The van der Waals surface area contributed by atoms with Crippen LogP contribution in [-0.2, 0) is 4.79 Å². The molecule has 0 radical (unpaired) electrons. The van der Waals surface area contributed by atoms with Crippen molar-refractivity contribution >= 4 is 51.2 Å². The second-order valence-corrected chi connectivity index (χ2v) is 9.74. The first-order valence-electron chi connectivity index (χ1n) is 10.2. The van der Waals surface area contributed by atoms with Crippen LogP contribution in [0, 0.1) is 6.92 Å². The Bertz CT molecular complexity index is 1460. The highest BCUT2D eigenvalue weighted by Crippen LogP contribution is 2.37. The summed E-state index contributed by atoms with van der Waals surface area (Å²) in [5.41, 5.74) is 2.73. The van der Waals surface area contributed by atoms with Crippen LogP contribution in [0.1, 0.15) is 22.8 Å². The number of nitrogens with zero attached hydrogens (tertiary/aromatic N) is 1. The first kappa shape index (κ1) is 23.5. The maximum atomic E-state index is 13.0. The molecule has 4 rings (SSSR count). The van der Waals surface area contributed by atoms with Gasteiger partial charge in [0.15, 0.2) is 5.16 Å². The molecule has 10 heteroatoms. The number of phenols is 1. The Hall–Kier alpha value is -3.63. The van der Waals surface area contributed by atoms with Gasteiger partial charge in [-0.3, -0.25) is 14.4 Å². The van der Waals surface area contributed by atoms with Crippen LogP contribution in [-0.4, -0.2) is 39.6 Å². The molecule has 4 aromatic rings. The molecule has 1 unspecified atom stereocenters. The summed E-state index contributed by atoms with van der Waals surface area (Å²) >= 11 is 2.42. The fourth-order valence-corrected chi connectivity index (χ4v) is 5.19. The molecule has 0 saturated heterocycles. The Balaban J connectivity index is 1.59. The Morgan fingerprint density at radius 2 is 2.06 bits per heavy atom. The molecule has 0 fully saturated rings. The fraction of sp³-hybridized carbons (Fsp3) is 0.167. The number of H-pyrrole nitrogens is 1. The van der Waals surface area contributed by atoms with Crippen molar-refractivity contribution in [2.24, 2.45) is 0 Å². The predicted molar refractivity (Wildman–Crippen MR) is 134 cm³/mol. The smallest absolute Gasteiger partial charge is 0.260 e.